The molecule has 0 aliphatic carbocycles. The van der Waals surface area contributed by atoms with Crippen LogP contribution in [0.15, 0.2) is 42.5 Å². The van der Waals surface area contributed by atoms with E-state index in [2.05, 4.69) is 43.0 Å². The van der Waals surface area contributed by atoms with Crippen LogP contribution in [0.4, 0.5) is 5.69 Å². The number of aliphatic hydroxyl groups is 1. The minimum absolute atomic E-state index is 0.187. The first-order valence-corrected chi connectivity index (χ1v) is 11.7. The minimum atomic E-state index is -0.540. The van der Waals surface area contributed by atoms with Crippen molar-refractivity contribution in [2.45, 2.75) is 51.2 Å². The van der Waals surface area contributed by atoms with Crippen LogP contribution in [-0.2, 0) is 4.79 Å². The van der Waals surface area contributed by atoms with Crippen molar-refractivity contribution in [3.8, 4) is 5.75 Å². The van der Waals surface area contributed by atoms with Gasteiger partial charge in [-0.25, -0.2) is 0 Å². The van der Waals surface area contributed by atoms with Gasteiger partial charge in [-0.1, -0.05) is 18.2 Å². The monoisotopic (exact) mass is 432 g/mol. The zero-order valence-electron chi connectivity index (χ0n) is 19.0. The first-order chi connectivity index (χ1) is 15.4. The van der Waals surface area contributed by atoms with Crippen molar-refractivity contribution in [2.75, 3.05) is 31.1 Å². The highest BCUT2D eigenvalue weighted by Crippen LogP contribution is 2.38. The van der Waals surface area contributed by atoms with Crippen LogP contribution in [0.25, 0.3) is 6.08 Å². The molecule has 1 N–H and O–H groups in total. The molecule has 0 saturated carbocycles. The Morgan fingerprint density at radius 2 is 1.78 bits per heavy atom. The largest absolute Gasteiger partial charge is 0.482 e. The zero-order valence-corrected chi connectivity index (χ0v) is 19.0. The molecule has 5 nitrogen and oxygen atoms in total. The summed E-state index contributed by atoms with van der Waals surface area (Å²) in [5.74, 6) is 1.17. The molecular weight excluding hydrogens is 400 g/mol. The molecule has 3 aliphatic heterocycles. The Hall–Kier alpha value is -2.63. The fourth-order valence-corrected chi connectivity index (χ4v) is 5.06. The number of fused-ring (bicyclic) bond motifs is 1. The summed E-state index contributed by atoms with van der Waals surface area (Å²) >= 11 is 0. The molecule has 5 heteroatoms. The molecule has 1 amide bonds. The summed E-state index contributed by atoms with van der Waals surface area (Å²) in [4.78, 5) is 16.1. The topological polar surface area (TPSA) is 53.0 Å². The van der Waals surface area contributed by atoms with Gasteiger partial charge in [-0.15, -0.1) is 0 Å². The van der Waals surface area contributed by atoms with E-state index in [0.717, 1.165) is 61.5 Å². The third-order valence-electron chi connectivity index (χ3n) is 7.30. The van der Waals surface area contributed by atoms with Crippen LogP contribution in [0.2, 0.25) is 0 Å². The third-order valence-corrected chi connectivity index (χ3v) is 7.30. The number of amides is 1. The molecular formula is C27H32N2O3. The number of benzene rings is 2. The van der Waals surface area contributed by atoms with Gasteiger partial charge >= 0.3 is 0 Å². The second-order valence-electron chi connectivity index (χ2n) is 9.53. The number of aryl methyl sites for hydroxylation is 2. The number of carbonyl (C=O) groups excluding carboxylic acids is 1. The summed E-state index contributed by atoms with van der Waals surface area (Å²) in [7, 11) is 0. The maximum Gasteiger partial charge on any atom is 0.227 e. The number of likely N-dealkylation sites (tertiary alicyclic amines) is 1. The van der Waals surface area contributed by atoms with Gasteiger partial charge in [0.15, 0.2) is 0 Å². The summed E-state index contributed by atoms with van der Waals surface area (Å²) in [6, 6.07) is 12.2. The number of ether oxygens (including phenoxy) is 1. The van der Waals surface area contributed by atoms with Gasteiger partial charge in [-0.05, 0) is 67.3 Å². The number of anilines is 1. The third kappa shape index (κ3) is 4.07. The van der Waals surface area contributed by atoms with Crippen molar-refractivity contribution in [1.82, 2.24) is 4.90 Å². The maximum atomic E-state index is 11.9. The van der Waals surface area contributed by atoms with Crippen LogP contribution < -0.4 is 9.64 Å². The van der Waals surface area contributed by atoms with E-state index in [-0.39, 0.29) is 11.5 Å². The fourth-order valence-electron chi connectivity index (χ4n) is 5.06. The number of nitrogens with zero attached hydrogens (tertiary/aromatic N) is 2. The van der Waals surface area contributed by atoms with E-state index < -0.39 is 6.10 Å². The number of rotatable bonds is 4. The van der Waals surface area contributed by atoms with Gasteiger partial charge in [0.1, 0.15) is 11.4 Å². The molecule has 32 heavy (non-hydrogen) atoms. The number of β-amino-alcohol motifs (C(OH)–C–C–N with tert-alkyl or cyclic N) is 1. The van der Waals surface area contributed by atoms with E-state index in [9.17, 15) is 9.90 Å². The fraction of sp³-hybridized carbons (Fsp3) is 0.444. The molecule has 2 fully saturated rings. The van der Waals surface area contributed by atoms with Crippen molar-refractivity contribution >= 4 is 17.7 Å². The molecule has 168 valence electrons. The SMILES string of the molecule is Cc1cc2c(cc1C)OC1(C=C2)CCN(C[C@@H](O)c2ccc(N3CCCC3=O)cc2)CC1. The summed E-state index contributed by atoms with van der Waals surface area (Å²) in [6.45, 7) is 7.44. The molecule has 0 aromatic heterocycles. The van der Waals surface area contributed by atoms with Gasteiger partial charge in [0.05, 0.1) is 6.10 Å². The van der Waals surface area contributed by atoms with E-state index >= 15 is 0 Å². The predicted octanol–water partition coefficient (Wildman–Crippen LogP) is 4.40. The number of carbonyl (C=O) groups is 1. The van der Waals surface area contributed by atoms with Crippen molar-refractivity contribution in [3.05, 3.63) is 64.7 Å². The number of hydrogen-bond donors (Lipinski definition) is 1. The average molecular weight is 433 g/mol. The Balaban J connectivity index is 1.18. The van der Waals surface area contributed by atoms with Crippen molar-refractivity contribution in [3.63, 3.8) is 0 Å². The van der Waals surface area contributed by atoms with Crippen LogP contribution >= 0.6 is 0 Å². The highest BCUT2D eigenvalue weighted by molar-refractivity contribution is 5.95. The number of hydrogen-bond acceptors (Lipinski definition) is 4. The van der Waals surface area contributed by atoms with Crippen molar-refractivity contribution in [1.29, 1.82) is 0 Å². The van der Waals surface area contributed by atoms with Gasteiger partial charge < -0.3 is 19.6 Å². The van der Waals surface area contributed by atoms with Crippen LogP contribution in [0.3, 0.4) is 0 Å². The molecule has 2 saturated heterocycles. The minimum Gasteiger partial charge on any atom is -0.482 e. The Kier molecular flexibility index (Phi) is 5.56. The second kappa shape index (κ2) is 8.38. The molecule has 1 atom stereocenters. The van der Waals surface area contributed by atoms with Gasteiger partial charge in [0.25, 0.3) is 0 Å². The van der Waals surface area contributed by atoms with Crippen LogP contribution in [-0.4, -0.2) is 47.7 Å². The molecule has 2 aromatic rings. The molecule has 2 aromatic carbocycles. The Morgan fingerprint density at radius 3 is 2.47 bits per heavy atom. The lowest BCUT2D eigenvalue weighted by molar-refractivity contribution is -0.117. The molecule has 0 unspecified atom stereocenters. The van der Waals surface area contributed by atoms with Crippen LogP contribution in [0, 0.1) is 13.8 Å². The lowest BCUT2D eigenvalue weighted by Gasteiger charge is -2.42. The molecule has 0 bridgehead atoms. The molecule has 5 rings (SSSR count). The standard InChI is InChI=1S/C27H32N2O3/c1-19-16-22-9-10-27(32-25(22)17-20(19)2)11-14-28(15-12-27)18-24(30)21-5-7-23(8-6-21)29-13-3-4-26(29)31/h5-10,16-17,24,30H,3-4,11-15,18H2,1-2H3/t24-/m1/s1. The first-order valence-electron chi connectivity index (χ1n) is 11.7. The van der Waals surface area contributed by atoms with Crippen molar-refractivity contribution in [2.24, 2.45) is 0 Å². The summed E-state index contributed by atoms with van der Waals surface area (Å²) in [5, 5.41) is 10.8. The van der Waals surface area contributed by atoms with E-state index in [1.165, 1.54) is 11.1 Å². The highest BCUT2D eigenvalue weighted by atomic mass is 16.5. The Labute approximate surface area is 190 Å². The lowest BCUT2D eigenvalue weighted by atomic mass is 9.87. The number of piperidine rings is 1. The molecule has 3 aliphatic rings. The average Bonchev–Trinajstić information content (AvgIpc) is 3.22. The maximum absolute atomic E-state index is 11.9. The van der Waals surface area contributed by atoms with Crippen molar-refractivity contribution < 1.29 is 14.6 Å². The predicted molar refractivity (Wildman–Crippen MR) is 127 cm³/mol. The highest BCUT2D eigenvalue weighted by Gasteiger charge is 2.37. The summed E-state index contributed by atoms with van der Waals surface area (Å²) < 4.78 is 6.50. The van der Waals surface area contributed by atoms with Gasteiger partial charge in [-0.3, -0.25) is 4.79 Å². The molecule has 1 spiro atoms. The van der Waals surface area contributed by atoms with E-state index in [4.69, 9.17) is 4.74 Å². The first kappa shape index (κ1) is 21.2. The molecule has 0 radical (unpaired) electrons. The van der Waals surface area contributed by atoms with E-state index in [1.54, 1.807) is 0 Å². The Bertz CT molecular complexity index is 1040. The van der Waals surface area contributed by atoms with Crippen LogP contribution in [0.5, 0.6) is 5.75 Å². The van der Waals surface area contributed by atoms with E-state index in [0.29, 0.717) is 13.0 Å². The zero-order chi connectivity index (χ0) is 22.3. The number of aliphatic hydroxyl groups excluding tert-OH is 1. The lowest BCUT2D eigenvalue weighted by Crippen LogP contribution is -2.48. The Morgan fingerprint density at radius 1 is 1.06 bits per heavy atom. The van der Waals surface area contributed by atoms with Gasteiger partial charge in [-0.2, -0.15) is 0 Å². The summed E-state index contributed by atoms with van der Waals surface area (Å²) in [6.07, 6.45) is 7.28. The summed E-state index contributed by atoms with van der Waals surface area (Å²) in [5.41, 5.74) is 5.30. The quantitative estimate of drug-likeness (QED) is 0.778. The normalized spacial score (nSPS) is 21.0. The molecule has 3 heterocycles. The van der Waals surface area contributed by atoms with Gasteiger partial charge in [0, 0.05) is 56.7 Å². The van der Waals surface area contributed by atoms with E-state index in [1.807, 2.05) is 29.2 Å². The smallest absolute Gasteiger partial charge is 0.227 e. The van der Waals surface area contributed by atoms with Crippen LogP contribution in [0.1, 0.15) is 54.0 Å². The van der Waals surface area contributed by atoms with Gasteiger partial charge in [0.2, 0.25) is 5.91 Å². The second-order valence-corrected chi connectivity index (χ2v) is 9.53.